The second-order valence-corrected chi connectivity index (χ2v) is 3.91. The molecule has 0 amide bonds. The third-order valence-corrected chi connectivity index (χ3v) is 2.39. The molecular formula is C12H15FO2. The Morgan fingerprint density at radius 2 is 2.13 bits per heavy atom. The molecule has 0 saturated heterocycles. The number of rotatable bonds is 4. The lowest BCUT2D eigenvalue weighted by molar-refractivity contribution is -0.141. The van der Waals surface area contributed by atoms with E-state index in [0.29, 0.717) is 12.8 Å². The quantitative estimate of drug-likeness (QED) is 0.829. The summed E-state index contributed by atoms with van der Waals surface area (Å²) < 4.78 is 13.0. The highest BCUT2D eigenvalue weighted by atomic mass is 19.1. The van der Waals surface area contributed by atoms with Crippen molar-refractivity contribution in [1.29, 1.82) is 0 Å². The van der Waals surface area contributed by atoms with Crippen molar-refractivity contribution in [2.45, 2.75) is 26.7 Å². The molecule has 1 rings (SSSR count). The maximum absolute atomic E-state index is 13.0. The average Bonchev–Trinajstić information content (AvgIpc) is 2.12. The molecule has 1 N–H and O–H groups in total. The molecular weight excluding hydrogens is 195 g/mol. The van der Waals surface area contributed by atoms with Crippen molar-refractivity contribution in [2.75, 3.05) is 0 Å². The van der Waals surface area contributed by atoms with Gasteiger partial charge in [0.1, 0.15) is 5.82 Å². The van der Waals surface area contributed by atoms with Crippen LogP contribution in [0.2, 0.25) is 0 Å². The van der Waals surface area contributed by atoms with E-state index in [2.05, 4.69) is 0 Å². The van der Waals surface area contributed by atoms with Crippen molar-refractivity contribution in [2.24, 2.45) is 5.92 Å². The van der Waals surface area contributed by atoms with Crippen molar-refractivity contribution in [1.82, 2.24) is 0 Å². The summed E-state index contributed by atoms with van der Waals surface area (Å²) in [6.07, 6.45) is 1.14. The summed E-state index contributed by atoms with van der Waals surface area (Å²) in [7, 11) is 0. The molecule has 1 aromatic rings. The van der Waals surface area contributed by atoms with E-state index in [0.717, 1.165) is 11.1 Å². The fraction of sp³-hybridized carbons (Fsp3) is 0.417. The molecule has 0 aromatic heterocycles. The molecule has 0 spiro atoms. The second-order valence-electron chi connectivity index (χ2n) is 3.91. The first-order valence-corrected chi connectivity index (χ1v) is 4.98. The van der Waals surface area contributed by atoms with Gasteiger partial charge < -0.3 is 5.11 Å². The smallest absolute Gasteiger partial charge is 0.306 e. The summed E-state index contributed by atoms with van der Waals surface area (Å²) in [5.41, 5.74) is 1.73. The number of benzene rings is 1. The third-order valence-electron chi connectivity index (χ3n) is 2.39. The highest BCUT2D eigenvalue weighted by Gasteiger charge is 2.10. The van der Waals surface area contributed by atoms with Crippen LogP contribution in [0.3, 0.4) is 0 Å². The second kappa shape index (κ2) is 4.91. The van der Waals surface area contributed by atoms with E-state index in [4.69, 9.17) is 5.11 Å². The molecule has 1 atom stereocenters. The van der Waals surface area contributed by atoms with E-state index in [1.54, 1.807) is 6.92 Å². The molecule has 3 heteroatoms. The van der Waals surface area contributed by atoms with E-state index in [1.165, 1.54) is 12.1 Å². The molecule has 1 unspecified atom stereocenters. The third kappa shape index (κ3) is 3.70. The number of carboxylic acids is 1. The lowest BCUT2D eigenvalue weighted by Crippen LogP contribution is -2.10. The van der Waals surface area contributed by atoms with Crippen LogP contribution in [0.1, 0.15) is 24.5 Å². The normalized spacial score (nSPS) is 12.5. The maximum Gasteiger partial charge on any atom is 0.306 e. The Morgan fingerprint density at radius 3 is 2.67 bits per heavy atom. The summed E-state index contributed by atoms with van der Waals surface area (Å²) in [6, 6.07) is 4.81. The molecule has 0 heterocycles. The highest BCUT2D eigenvalue weighted by Crippen LogP contribution is 2.13. The maximum atomic E-state index is 13.0. The largest absolute Gasteiger partial charge is 0.481 e. The van der Waals surface area contributed by atoms with Crippen LogP contribution < -0.4 is 0 Å². The van der Waals surface area contributed by atoms with Crippen LogP contribution in [0.4, 0.5) is 4.39 Å². The number of carbonyl (C=O) groups is 1. The Morgan fingerprint density at radius 1 is 1.47 bits per heavy atom. The molecule has 0 radical (unpaired) electrons. The van der Waals surface area contributed by atoms with Crippen LogP contribution in [0.25, 0.3) is 0 Å². The van der Waals surface area contributed by atoms with Crippen LogP contribution in [0.15, 0.2) is 18.2 Å². The first kappa shape index (κ1) is 11.7. The fourth-order valence-corrected chi connectivity index (χ4v) is 1.46. The molecule has 1 aromatic carbocycles. The molecule has 2 nitrogen and oxygen atoms in total. The van der Waals surface area contributed by atoms with E-state index >= 15 is 0 Å². The topological polar surface area (TPSA) is 37.3 Å². The number of carboxylic acid groups (broad SMARTS) is 1. The van der Waals surface area contributed by atoms with E-state index < -0.39 is 5.97 Å². The van der Waals surface area contributed by atoms with Gasteiger partial charge in [0.05, 0.1) is 5.92 Å². The van der Waals surface area contributed by atoms with Gasteiger partial charge in [0.25, 0.3) is 0 Å². The van der Waals surface area contributed by atoms with Crippen LogP contribution in [0, 0.1) is 18.7 Å². The number of aliphatic carboxylic acids is 1. The Bertz CT molecular complexity index is 340. The van der Waals surface area contributed by atoms with Gasteiger partial charge in [-0.1, -0.05) is 13.0 Å². The van der Waals surface area contributed by atoms with Gasteiger partial charge in [0, 0.05) is 0 Å². The van der Waals surface area contributed by atoms with Gasteiger partial charge in [-0.15, -0.1) is 0 Å². The minimum atomic E-state index is -0.803. The fourth-order valence-electron chi connectivity index (χ4n) is 1.46. The van der Waals surface area contributed by atoms with Gasteiger partial charge in [-0.3, -0.25) is 4.79 Å². The van der Waals surface area contributed by atoms with Crippen molar-refractivity contribution < 1.29 is 14.3 Å². The first-order chi connectivity index (χ1) is 6.99. The van der Waals surface area contributed by atoms with Gasteiger partial charge in [-0.25, -0.2) is 4.39 Å². The molecule has 0 saturated carbocycles. The molecule has 82 valence electrons. The minimum absolute atomic E-state index is 0.257. The summed E-state index contributed by atoms with van der Waals surface area (Å²) in [5, 5.41) is 8.70. The van der Waals surface area contributed by atoms with Crippen molar-refractivity contribution >= 4 is 5.97 Å². The van der Waals surface area contributed by atoms with Crippen LogP contribution >= 0.6 is 0 Å². The number of hydrogen-bond donors (Lipinski definition) is 1. The Hall–Kier alpha value is -1.38. The van der Waals surface area contributed by atoms with Crippen LogP contribution in [-0.2, 0) is 11.2 Å². The Kier molecular flexibility index (Phi) is 3.83. The first-order valence-electron chi connectivity index (χ1n) is 4.98. The zero-order valence-electron chi connectivity index (χ0n) is 8.96. The van der Waals surface area contributed by atoms with E-state index in [9.17, 15) is 9.18 Å². The van der Waals surface area contributed by atoms with Crippen LogP contribution in [-0.4, -0.2) is 11.1 Å². The Balaban J connectivity index is 2.61. The predicted octanol–water partition coefficient (Wildman–Crippen LogP) is 2.79. The van der Waals surface area contributed by atoms with Crippen molar-refractivity contribution in [3.05, 3.63) is 35.1 Å². The standard InChI is InChI=1S/C12H15FO2/c1-8-5-10(7-11(13)6-8)4-3-9(2)12(14)15/h5-7,9H,3-4H2,1-2H3,(H,14,15). The van der Waals surface area contributed by atoms with E-state index in [1.807, 2.05) is 13.0 Å². The van der Waals surface area contributed by atoms with Crippen molar-refractivity contribution in [3.8, 4) is 0 Å². The average molecular weight is 210 g/mol. The van der Waals surface area contributed by atoms with Gasteiger partial charge in [-0.05, 0) is 43.0 Å². The van der Waals surface area contributed by atoms with Gasteiger partial charge in [0.15, 0.2) is 0 Å². The lowest BCUT2D eigenvalue weighted by atomic mass is 10.00. The zero-order chi connectivity index (χ0) is 11.4. The van der Waals surface area contributed by atoms with Gasteiger partial charge in [-0.2, -0.15) is 0 Å². The number of hydrogen-bond acceptors (Lipinski definition) is 1. The SMILES string of the molecule is Cc1cc(F)cc(CCC(C)C(=O)O)c1. The van der Waals surface area contributed by atoms with Gasteiger partial charge in [0.2, 0.25) is 0 Å². The molecule has 0 aliphatic carbocycles. The monoisotopic (exact) mass is 210 g/mol. The summed E-state index contributed by atoms with van der Waals surface area (Å²) in [5.74, 6) is -1.44. The van der Waals surface area contributed by atoms with Crippen molar-refractivity contribution in [3.63, 3.8) is 0 Å². The number of aryl methyl sites for hydroxylation is 2. The highest BCUT2D eigenvalue weighted by molar-refractivity contribution is 5.69. The van der Waals surface area contributed by atoms with Crippen LogP contribution in [0.5, 0.6) is 0 Å². The lowest BCUT2D eigenvalue weighted by Gasteiger charge is -2.06. The Labute approximate surface area is 88.7 Å². The predicted molar refractivity (Wildman–Crippen MR) is 56.3 cm³/mol. The molecule has 0 bridgehead atoms. The number of halogens is 1. The van der Waals surface area contributed by atoms with Gasteiger partial charge >= 0.3 is 5.97 Å². The molecule has 0 aliphatic heterocycles. The summed E-state index contributed by atoms with van der Waals surface area (Å²) in [4.78, 5) is 10.6. The molecule has 0 fully saturated rings. The minimum Gasteiger partial charge on any atom is -0.481 e. The summed E-state index contributed by atoms with van der Waals surface area (Å²) >= 11 is 0. The summed E-state index contributed by atoms with van der Waals surface area (Å²) in [6.45, 7) is 3.49. The molecule has 0 aliphatic rings. The zero-order valence-corrected chi connectivity index (χ0v) is 8.96. The molecule has 15 heavy (non-hydrogen) atoms. The van der Waals surface area contributed by atoms with E-state index in [-0.39, 0.29) is 11.7 Å².